The van der Waals surface area contributed by atoms with Crippen molar-refractivity contribution in [2.45, 2.75) is 12.6 Å². The number of aliphatic hydroxyl groups is 1. The van der Waals surface area contributed by atoms with Gasteiger partial charge in [-0.25, -0.2) is 10.2 Å². The van der Waals surface area contributed by atoms with E-state index in [9.17, 15) is 14.7 Å². The zero-order valence-corrected chi connectivity index (χ0v) is 20.2. The van der Waals surface area contributed by atoms with Gasteiger partial charge in [-0.1, -0.05) is 39.7 Å². The molecule has 176 valence electrons. The quantitative estimate of drug-likeness (QED) is 0.230. The molecule has 4 aromatic rings. The molecule has 1 unspecified atom stereocenters. The van der Waals surface area contributed by atoms with Crippen LogP contribution in [0.3, 0.4) is 0 Å². The van der Waals surface area contributed by atoms with E-state index in [1.165, 1.54) is 16.2 Å². The predicted molar refractivity (Wildman–Crippen MR) is 134 cm³/mol. The van der Waals surface area contributed by atoms with Crippen LogP contribution in [0.25, 0.3) is 11.2 Å². The van der Waals surface area contributed by atoms with Crippen LogP contribution in [0, 0.1) is 0 Å². The predicted octanol–water partition coefficient (Wildman–Crippen LogP) is 2.73. The topological polar surface area (TPSA) is 127 Å². The summed E-state index contributed by atoms with van der Waals surface area (Å²) in [6.45, 7) is -0.0892. The molecule has 2 heterocycles. The first kappa shape index (κ1) is 23.7. The monoisotopic (exact) mass is 546 g/mol. The number of benzene rings is 2. The molecular weight excluding hydrogens is 528 g/mol. The van der Waals surface area contributed by atoms with Gasteiger partial charge in [-0.2, -0.15) is 10.1 Å². The van der Waals surface area contributed by atoms with E-state index in [1.807, 2.05) is 24.3 Å². The first-order chi connectivity index (χ1) is 16.3. The van der Waals surface area contributed by atoms with E-state index < -0.39 is 17.4 Å². The standard InChI is InChI=1S/C22H20BrClN6O4/c1-29-19-18(20(32)27-22(29)33)30(11-16(31)12-34-17-8-6-15(24)7-9-17)21(26-19)28-25-10-13-2-4-14(23)5-3-13/h2-10,16,31H,11-12H2,1H3,(H,26,28)(H,27,32,33)/b25-10-. The van der Waals surface area contributed by atoms with Crippen LogP contribution in [0.15, 0.2) is 67.7 Å². The lowest BCUT2D eigenvalue weighted by atomic mass is 10.2. The summed E-state index contributed by atoms with van der Waals surface area (Å²) >= 11 is 9.25. The minimum absolute atomic E-state index is 0.0402. The molecule has 0 amide bonds. The van der Waals surface area contributed by atoms with Crippen LogP contribution in [-0.4, -0.2) is 43.1 Å². The normalized spacial score (nSPS) is 12.4. The molecule has 0 aliphatic heterocycles. The van der Waals surface area contributed by atoms with Crippen molar-refractivity contribution in [2.75, 3.05) is 12.0 Å². The number of anilines is 1. The SMILES string of the molecule is Cn1c(=O)[nH]c(=O)c2c1nc(N/N=C\c1ccc(Br)cc1)n2CC(O)COc1ccc(Cl)cc1. The maximum absolute atomic E-state index is 12.6. The van der Waals surface area contributed by atoms with Gasteiger partial charge in [-0.3, -0.25) is 14.3 Å². The summed E-state index contributed by atoms with van der Waals surface area (Å²) in [4.78, 5) is 31.2. The van der Waals surface area contributed by atoms with E-state index in [2.05, 4.69) is 36.4 Å². The Morgan fingerprint density at radius 1 is 1.24 bits per heavy atom. The van der Waals surface area contributed by atoms with E-state index in [0.29, 0.717) is 10.8 Å². The Kier molecular flexibility index (Phi) is 7.15. The molecule has 0 saturated carbocycles. The van der Waals surface area contributed by atoms with Gasteiger partial charge < -0.3 is 14.4 Å². The van der Waals surface area contributed by atoms with Crippen LogP contribution in [-0.2, 0) is 13.6 Å². The summed E-state index contributed by atoms with van der Waals surface area (Å²) in [7, 11) is 1.49. The molecule has 0 radical (unpaired) electrons. The first-order valence-corrected chi connectivity index (χ1v) is 11.3. The molecule has 1 atom stereocenters. The number of hydrazone groups is 1. The van der Waals surface area contributed by atoms with Crippen molar-refractivity contribution >= 4 is 50.9 Å². The summed E-state index contributed by atoms with van der Waals surface area (Å²) in [5.74, 6) is 0.720. The number of aromatic amines is 1. The van der Waals surface area contributed by atoms with E-state index >= 15 is 0 Å². The number of rotatable bonds is 8. The lowest BCUT2D eigenvalue weighted by molar-refractivity contribution is 0.0938. The molecule has 0 aliphatic rings. The second-order valence-electron chi connectivity index (χ2n) is 7.38. The number of aryl methyl sites for hydroxylation is 1. The molecule has 0 saturated heterocycles. The third-order valence-corrected chi connectivity index (χ3v) is 5.69. The van der Waals surface area contributed by atoms with Crippen molar-refractivity contribution in [2.24, 2.45) is 12.1 Å². The summed E-state index contributed by atoms with van der Waals surface area (Å²) in [5.41, 5.74) is 2.68. The average molecular weight is 548 g/mol. The number of nitrogens with zero attached hydrogens (tertiary/aromatic N) is 4. The second-order valence-corrected chi connectivity index (χ2v) is 8.73. The van der Waals surface area contributed by atoms with Crippen molar-refractivity contribution in [1.29, 1.82) is 0 Å². The number of hydrogen-bond donors (Lipinski definition) is 3. The smallest absolute Gasteiger partial charge is 0.329 e. The third kappa shape index (κ3) is 5.38. The number of imidazole rings is 1. The Labute approximate surface area is 206 Å². The number of halogens is 2. The van der Waals surface area contributed by atoms with Gasteiger partial charge in [0.25, 0.3) is 5.56 Å². The largest absolute Gasteiger partial charge is 0.491 e. The molecule has 0 fully saturated rings. The van der Waals surface area contributed by atoms with Gasteiger partial charge >= 0.3 is 5.69 Å². The highest BCUT2D eigenvalue weighted by molar-refractivity contribution is 9.10. The highest BCUT2D eigenvalue weighted by Crippen LogP contribution is 2.18. The van der Waals surface area contributed by atoms with E-state index in [1.54, 1.807) is 30.5 Å². The molecule has 2 aromatic heterocycles. The van der Waals surface area contributed by atoms with Gasteiger partial charge in [0.1, 0.15) is 18.5 Å². The van der Waals surface area contributed by atoms with Crippen LogP contribution < -0.4 is 21.4 Å². The Morgan fingerprint density at radius 2 is 1.94 bits per heavy atom. The number of ether oxygens (including phenoxy) is 1. The van der Waals surface area contributed by atoms with Gasteiger partial charge in [0, 0.05) is 16.5 Å². The molecule has 0 aliphatic carbocycles. The highest BCUT2D eigenvalue weighted by atomic mass is 79.9. The van der Waals surface area contributed by atoms with Crippen molar-refractivity contribution in [1.82, 2.24) is 19.1 Å². The fourth-order valence-electron chi connectivity index (χ4n) is 3.20. The molecule has 0 spiro atoms. The van der Waals surface area contributed by atoms with Gasteiger partial charge in [0.2, 0.25) is 5.95 Å². The summed E-state index contributed by atoms with van der Waals surface area (Å²) in [6, 6.07) is 14.2. The van der Waals surface area contributed by atoms with Crippen LogP contribution in [0.5, 0.6) is 5.75 Å². The minimum Gasteiger partial charge on any atom is -0.491 e. The van der Waals surface area contributed by atoms with Crippen molar-refractivity contribution in [3.8, 4) is 5.75 Å². The van der Waals surface area contributed by atoms with Crippen molar-refractivity contribution in [3.05, 3.63) is 84.4 Å². The highest BCUT2D eigenvalue weighted by Gasteiger charge is 2.20. The van der Waals surface area contributed by atoms with Crippen LogP contribution in [0.2, 0.25) is 5.02 Å². The second kappa shape index (κ2) is 10.2. The van der Waals surface area contributed by atoms with E-state index in [0.717, 1.165) is 10.0 Å². The zero-order chi connectivity index (χ0) is 24.2. The summed E-state index contributed by atoms with van der Waals surface area (Å²) in [5, 5.41) is 15.4. The molecule has 0 bridgehead atoms. The Hall–Kier alpha value is -3.41. The van der Waals surface area contributed by atoms with E-state index in [4.69, 9.17) is 16.3 Å². The summed E-state index contributed by atoms with van der Waals surface area (Å²) < 4.78 is 9.22. The minimum atomic E-state index is -0.999. The fraction of sp³-hybridized carbons (Fsp3) is 0.182. The number of H-pyrrole nitrogens is 1. The number of hydrogen-bond acceptors (Lipinski definition) is 7. The fourth-order valence-corrected chi connectivity index (χ4v) is 3.59. The lowest BCUT2D eigenvalue weighted by Crippen LogP contribution is -2.30. The Balaban J connectivity index is 1.60. The molecule has 4 rings (SSSR count). The van der Waals surface area contributed by atoms with Crippen LogP contribution >= 0.6 is 27.5 Å². The van der Waals surface area contributed by atoms with Gasteiger partial charge in [0.15, 0.2) is 11.2 Å². The first-order valence-electron chi connectivity index (χ1n) is 10.1. The number of aliphatic hydroxyl groups excluding tert-OH is 1. The molecule has 3 N–H and O–H groups in total. The average Bonchev–Trinajstić information content (AvgIpc) is 3.17. The number of nitrogens with one attached hydrogen (secondary N) is 2. The van der Waals surface area contributed by atoms with E-state index in [-0.39, 0.29) is 30.3 Å². The lowest BCUT2D eigenvalue weighted by Gasteiger charge is -2.15. The molecular formula is C22H20BrClN6O4. The molecule has 10 nitrogen and oxygen atoms in total. The molecule has 12 heteroatoms. The third-order valence-electron chi connectivity index (χ3n) is 4.90. The molecule has 2 aromatic carbocycles. The maximum Gasteiger partial charge on any atom is 0.329 e. The van der Waals surface area contributed by atoms with Crippen molar-refractivity contribution in [3.63, 3.8) is 0 Å². The zero-order valence-electron chi connectivity index (χ0n) is 17.9. The van der Waals surface area contributed by atoms with Crippen LogP contribution in [0.4, 0.5) is 5.95 Å². The van der Waals surface area contributed by atoms with Crippen molar-refractivity contribution < 1.29 is 9.84 Å². The maximum atomic E-state index is 12.6. The Bertz CT molecular complexity index is 1440. The van der Waals surface area contributed by atoms with Gasteiger partial charge in [-0.15, -0.1) is 0 Å². The number of aromatic nitrogens is 4. The summed E-state index contributed by atoms with van der Waals surface area (Å²) in [6.07, 6.45) is 0.583. The Morgan fingerprint density at radius 3 is 2.65 bits per heavy atom. The van der Waals surface area contributed by atoms with Crippen LogP contribution in [0.1, 0.15) is 5.56 Å². The molecule has 34 heavy (non-hydrogen) atoms. The van der Waals surface area contributed by atoms with Gasteiger partial charge in [0.05, 0.1) is 12.8 Å². The van der Waals surface area contributed by atoms with Gasteiger partial charge in [-0.05, 0) is 42.0 Å². The number of fused-ring (bicyclic) bond motifs is 1.